The molecule has 0 atom stereocenters. The third-order valence-electron chi connectivity index (χ3n) is 5.01. The third kappa shape index (κ3) is 3.28. The van der Waals surface area contributed by atoms with E-state index in [1.807, 2.05) is 0 Å². The Hall–Kier alpha value is -1.96. The van der Waals surface area contributed by atoms with Crippen molar-refractivity contribution in [3.05, 3.63) is 41.5 Å². The third-order valence-corrected chi connectivity index (χ3v) is 5.01. The first-order valence-electron chi connectivity index (χ1n) is 9.28. The highest BCUT2D eigenvalue weighted by atomic mass is 14.7. The lowest BCUT2D eigenvalue weighted by atomic mass is 9.98. The van der Waals surface area contributed by atoms with Crippen LogP contribution in [0.5, 0.6) is 0 Å². The van der Waals surface area contributed by atoms with Crippen molar-refractivity contribution in [1.29, 1.82) is 0 Å². The Labute approximate surface area is 145 Å². The van der Waals surface area contributed by atoms with E-state index in [1.165, 1.54) is 40.3 Å². The first-order chi connectivity index (χ1) is 11.5. The second-order valence-corrected chi connectivity index (χ2v) is 7.89. The molecule has 0 aliphatic rings. The molecule has 2 heteroatoms. The highest BCUT2D eigenvalue weighted by molar-refractivity contribution is 6.12. The molecule has 0 aliphatic carbocycles. The van der Waals surface area contributed by atoms with Crippen LogP contribution in [0.3, 0.4) is 0 Å². The molecule has 3 aromatic rings. The topological polar surface area (TPSA) is 41.8 Å². The highest BCUT2D eigenvalue weighted by Gasteiger charge is 2.13. The number of hydrogen-bond acceptors (Lipinski definition) is 1. The summed E-state index contributed by atoms with van der Waals surface area (Å²) >= 11 is 0. The van der Waals surface area contributed by atoms with Crippen LogP contribution >= 0.6 is 0 Å². The van der Waals surface area contributed by atoms with Crippen LogP contribution in [-0.2, 0) is 12.8 Å². The normalized spacial score (nSPS) is 12.1. The van der Waals surface area contributed by atoms with Gasteiger partial charge in [0.15, 0.2) is 0 Å². The number of aryl methyl sites for hydroxylation is 2. The molecule has 0 radical (unpaired) electrons. The summed E-state index contributed by atoms with van der Waals surface area (Å²) in [6, 6.07) is 11.1. The molecule has 0 saturated heterocycles. The number of aromatic amines is 1. The van der Waals surface area contributed by atoms with Gasteiger partial charge in [0.05, 0.1) is 11.2 Å². The summed E-state index contributed by atoms with van der Waals surface area (Å²) in [7, 11) is 0. The van der Waals surface area contributed by atoms with Crippen molar-refractivity contribution in [2.75, 3.05) is 5.73 Å². The molecule has 2 aromatic carbocycles. The Kier molecular flexibility index (Phi) is 4.84. The summed E-state index contributed by atoms with van der Waals surface area (Å²) in [5.74, 6) is 1.42. The standard InChI is InChI=1S/C22H30N2/c1-14(2)8-10-16-12-13-19-18-7-5-6-17(11-9-15(3)4)21(18)24-22(19)20(16)23/h5-7,12-15,24H,8-11,23H2,1-4H3. The minimum Gasteiger partial charge on any atom is -0.397 e. The lowest BCUT2D eigenvalue weighted by Crippen LogP contribution is -1.98. The fraction of sp³-hybridized carbons (Fsp3) is 0.455. The van der Waals surface area contributed by atoms with Crippen LogP contribution in [0.4, 0.5) is 5.69 Å². The van der Waals surface area contributed by atoms with E-state index in [2.05, 4.69) is 63.0 Å². The second kappa shape index (κ2) is 6.88. The van der Waals surface area contributed by atoms with E-state index in [9.17, 15) is 0 Å². The number of anilines is 1. The minimum atomic E-state index is 0.699. The van der Waals surface area contributed by atoms with Crippen LogP contribution in [-0.4, -0.2) is 4.98 Å². The van der Waals surface area contributed by atoms with Crippen LogP contribution in [0.2, 0.25) is 0 Å². The first-order valence-corrected chi connectivity index (χ1v) is 9.28. The first kappa shape index (κ1) is 16.9. The van der Waals surface area contributed by atoms with Crippen LogP contribution in [0.25, 0.3) is 21.8 Å². The van der Waals surface area contributed by atoms with E-state index in [4.69, 9.17) is 5.73 Å². The summed E-state index contributed by atoms with van der Waals surface area (Å²) in [6.07, 6.45) is 4.55. The van der Waals surface area contributed by atoms with Gasteiger partial charge in [-0.25, -0.2) is 0 Å². The van der Waals surface area contributed by atoms with Crippen molar-refractivity contribution in [3.8, 4) is 0 Å². The fourth-order valence-corrected chi connectivity index (χ4v) is 3.43. The average molecular weight is 322 g/mol. The zero-order valence-electron chi connectivity index (χ0n) is 15.4. The second-order valence-electron chi connectivity index (χ2n) is 7.89. The van der Waals surface area contributed by atoms with E-state index in [1.54, 1.807) is 0 Å². The smallest absolute Gasteiger partial charge is 0.0701 e. The maximum Gasteiger partial charge on any atom is 0.0701 e. The molecule has 0 saturated carbocycles. The average Bonchev–Trinajstić information content (AvgIpc) is 2.92. The molecule has 0 spiro atoms. The number of aromatic nitrogens is 1. The number of hydrogen-bond donors (Lipinski definition) is 2. The Balaban J connectivity index is 2.06. The van der Waals surface area contributed by atoms with Gasteiger partial charge in [-0.05, 0) is 48.6 Å². The lowest BCUT2D eigenvalue weighted by Gasteiger charge is -2.08. The van der Waals surface area contributed by atoms with Crippen LogP contribution in [0.1, 0.15) is 51.7 Å². The highest BCUT2D eigenvalue weighted by Crippen LogP contribution is 2.33. The quantitative estimate of drug-likeness (QED) is 0.530. The number of H-pyrrole nitrogens is 1. The SMILES string of the molecule is CC(C)CCc1ccc2c([nH]c3c(CCC(C)C)cccc32)c1N. The molecule has 0 fully saturated rings. The Morgan fingerprint density at radius 1 is 0.792 bits per heavy atom. The van der Waals surface area contributed by atoms with Gasteiger partial charge in [0.25, 0.3) is 0 Å². The van der Waals surface area contributed by atoms with Gasteiger partial charge in [-0.1, -0.05) is 58.0 Å². The zero-order valence-corrected chi connectivity index (χ0v) is 15.4. The van der Waals surface area contributed by atoms with Crippen LogP contribution in [0, 0.1) is 11.8 Å². The fourth-order valence-electron chi connectivity index (χ4n) is 3.43. The van der Waals surface area contributed by atoms with Crippen LogP contribution in [0.15, 0.2) is 30.3 Å². The summed E-state index contributed by atoms with van der Waals surface area (Å²) in [6.45, 7) is 9.09. The Morgan fingerprint density at radius 2 is 1.42 bits per heavy atom. The molecule has 24 heavy (non-hydrogen) atoms. The predicted molar refractivity (Wildman–Crippen MR) is 107 cm³/mol. The summed E-state index contributed by atoms with van der Waals surface area (Å²) in [5, 5.41) is 2.55. The number of benzene rings is 2. The molecule has 3 N–H and O–H groups in total. The van der Waals surface area contributed by atoms with Crippen molar-refractivity contribution in [3.63, 3.8) is 0 Å². The Morgan fingerprint density at radius 3 is 2.08 bits per heavy atom. The molecule has 0 unspecified atom stereocenters. The van der Waals surface area contributed by atoms with Gasteiger partial charge in [0, 0.05) is 16.3 Å². The van der Waals surface area contributed by atoms with Crippen LogP contribution < -0.4 is 5.73 Å². The molecular weight excluding hydrogens is 292 g/mol. The number of rotatable bonds is 6. The number of fused-ring (bicyclic) bond motifs is 3. The maximum absolute atomic E-state index is 6.51. The largest absolute Gasteiger partial charge is 0.397 e. The molecule has 128 valence electrons. The summed E-state index contributed by atoms with van der Waals surface area (Å²) in [5.41, 5.74) is 12.5. The predicted octanol–water partition coefficient (Wildman–Crippen LogP) is 6.08. The van der Waals surface area contributed by atoms with Gasteiger partial charge in [0.2, 0.25) is 0 Å². The van der Waals surface area contributed by atoms with E-state index in [0.29, 0.717) is 5.92 Å². The molecule has 0 amide bonds. The molecule has 1 heterocycles. The van der Waals surface area contributed by atoms with E-state index >= 15 is 0 Å². The molecule has 0 aliphatic heterocycles. The summed E-state index contributed by atoms with van der Waals surface area (Å²) in [4.78, 5) is 3.64. The zero-order chi connectivity index (χ0) is 17.3. The van der Waals surface area contributed by atoms with Crippen molar-refractivity contribution in [2.45, 2.75) is 53.4 Å². The van der Waals surface area contributed by atoms with E-state index in [0.717, 1.165) is 30.0 Å². The van der Waals surface area contributed by atoms with Crippen molar-refractivity contribution >= 4 is 27.5 Å². The van der Waals surface area contributed by atoms with Crippen molar-refractivity contribution < 1.29 is 0 Å². The van der Waals surface area contributed by atoms with Gasteiger partial charge in [-0.2, -0.15) is 0 Å². The minimum absolute atomic E-state index is 0.699. The van der Waals surface area contributed by atoms with Gasteiger partial charge < -0.3 is 10.7 Å². The van der Waals surface area contributed by atoms with Gasteiger partial charge in [-0.15, -0.1) is 0 Å². The van der Waals surface area contributed by atoms with E-state index in [-0.39, 0.29) is 0 Å². The van der Waals surface area contributed by atoms with Crippen molar-refractivity contribution in [1.82, 2.24) is 4.98 Å². The monoisotopic (exact) mass is 322 g/mol. The molecular formula is C22H30N2. The Bertz CT molecular complexity index is 840. The number of nitrogens with two attached hydrogens (primary N) is 1. The van der Waals surface area contributed by atoms with Gasteiger partial charge in [-0.3, -0.25) is 0 Å². The van der Waals surface area contributed by atoms with Gasteiger partial charge >= 0.3 is 0 Å². The molecule has 0 bridgehead atoms. The molecule has 1 aromatic heterocycles. The maximum atomic E-state index is 6.51. The van der Waals surface area contributed by atoms with E-state index < -0.39 is 0 Å². The molecule has 3 rings (SSSR count). The number of para-hydroxylation sites is 1. The summed E-state index contributed by atoms with van der Waals surface area (Å²) < 4.78 is 0. The van der Waals surface area contributed by atoms with Crippen molar-refractivity contribution in [2.24, 2.45) is 11.8 Å². The molecule has 2 nitrogen and oxygen atoms in total. The number of nitrogens with one attached hydrogen (secondary N) is 1. The van der Waals surface area contributed by atoms with Gasteiger partial charge in [0.1, 0.15) is 0 Å². The number of nitrogen functional groups attached to an aromatic ring is 1. The lowest BCUT2D eigenvalue weighted by molar-refractivity contribution is 0.587.